The number of carbonyl (C=O) groups excluding carboxylic acids is 1. The van der Waals surface area contributed by atoms with Crippen LogP contribution in [-0.2, 0) is 16.0 Å². The van der Waals surface area contributed by atoms with Gasteiger partial charge in [-0.1, -0.05) is 36.4 Å². The van der Waals surface area contributed by atoms with Gasteiger partial charge in [0, 0.05) is 19.0 Å². The van der Waals surface area contributed by atoms with Crippen molar-refractivity contribution in [2.75, 3.05) is 13.1 Å². The van der Waals surface area contributed by atoms with Gasteiger partial charge >= 0.3 is 5.97 Å². The number of likely N-dealkylation sites (tertiary alicyclic amines) is 1. The fourth-order valence-corrected chi connectivity index (χ4v) is 3.23. The second-order valence-corrected chi connectivity index (χ2v) is 6.19. The summed E-state index contributed by atoms with van der Waals surface area (Å²) in [5, 5.41) is 9.47. The molecule has 1 fully saturated rings. The number of aliphatic carboxylic acids is 1. The minimum absolute atomic E-state index is 0.0922. The molecule has 2 atom stereocenters. The number of carbonyl (C=O) groups is 2. The molecule has 130 valence electrons. The summed E-state index contributed by atoms with van der Waals surface area (Å²) in [6, 6.07) is 12.5. The van der Waals surface area contributed by atoms with E-state index in [2.05, 4.69) is 0 Å². The predicted molar refractivity (Wildman–Crippen MR) is 87.0 cm³/mol. The average molecular weight is 345 g/mol. The molecule has 0 saturated carbocycles. The van der Waals surface area contributed by atoms with Crippen LogP contribution in [0.2, 0.25) is 0 Å². The number of rotatable bonds is 4. The van der Waals surface area contributed by atoms with Crippen LogP contribution in [0.1, 0.15) is 17.0 Å². The Morgan fingerprint density at radius 3 is 2.40 bits per heavy atom. The van der Waals surface area contributed by atoms with Crippen LogP contribution in [-0.4, -0.2) is 35.0 Å². The zero-order valence-electron chi connectivity index (χ0n) is 13.4. The van der Waals surface area contributed by atoms with Crippen molar-refractivity contribution in [2.24, 2.45) is 5.92 Å². The molecule has 0 bridgehead atoms. The maximum Gasteiger partial charge on any atom is 0.308 e. The monoisotopic (exact) mass is 345 g/mol. The van der Waals surface area contributed by atoms with Crippen LogP contribution in [0.25, 0.3) is 0 Å². The first-order chi connectivity index (χ1) is 12.0. The first-order valence-electron chi connectivity index (χ1n) is 7.95. The van der Waals surface area contributed by atoms with Crippen LogP contribution in [0, 0.1) is 17.6 Å². The van der Waals surface area contributed by atoms with E-state index in [1.54, 1.807) is 0 Å². The molecule has 0 unspecified atom stereocenters. The van der Waals surface area contributed by atoms with Gasteiger partial charge in [-0.15, -0.1) is 0 Å². The number of carboxylic acids is 1. The fourth-order valence-electron chi connectivity index (χ4n) is 3.23. The summed E-state index contributed by atoms with van der Waals surface area (Å²) >= 11 is 0. The Kier molecular flexibility index (Phi) is 4.79. The van der Waals surface area contributed by atoms with E-state index in [1.807, 2.05) is 30.3 Å². The minimum atomic E-state index is -1.00. The third kappa shape index (κ3) is 3.68. The molecule has 4 nitrogen and oxygen atoms in total. The summed E-state index contributed by atoms with van der Waals surface area (Å²) in [4.78, 5) is 25.5. The zero-order valence-corrected chi connectivity index (χ0v) is 13.4. The highest BCUT2D eigenvalue weighted by molar-refractivity contribution is 5.81. The van der Waals surface area contributed by atoms with Gasteiger partial charge in [-0.05, 0) is 23.3 Å². The van der Waals surface area contributed by atoms with E-state index in [4.69, 9.17) is 0 Å². The highest BCUT2D eigenvalue weighted by atomic mass is 19.2. The highest BCUT2D eigenvalue weighted by Crippen LogP contribution is 2.33. The van der Waals surface area contributed by atoms with Crippen molar-refractivity contribution >= 4 is 11.9 Å². The molecular weight excluding hydrogens is 328 g/mol. The van der Waals surface area contributed by atoms with Crippen LogP contribution in [0.4, 0.5) is 8.78 Å². The lowest BCUT2D eigenvalue weighted by molar-refractivity contribution is -0.141. The number of amides is 1. The minimum Gasteiger partial charge on any atom is -0.481 e. The fraction of sp³-hybridized carbons (Fsp3) is 0.263. The lowest BCUT2D eigenvalue weighted by atomic mass is 9.89. The molecule has 6 heteroatoms. The Morgan fingerprint density at radius 1 is 1.04 bits per heavy atom. The summed E-state index contributed by atoms with van der Waals surface area (Å²) in [6.45, 7) is 0.404. The van der Waals surface area contributed by atoms with E-state index >= 15 is 0 Å². The van der Waals surface area contributed by atoms with Gasteiger partial charge < -0.3 is 10.0 Å². The smallest absolute Gasteiger partial charge is 0.308 e. The van der Waals surface area contributed by atoms with E-state index in [9.17, 15) is 23.5 Å². The van der Waals surface area contributed by atoms with Gasteiger partial charge in [-0.3, -0.25) is 9.59 Å². The third-order valence-corrected chi connectivity index (χ3v) is 4.56. The molecule has 2 aromatic rings. The van der Waals surface area contributed by atoms with Crippen molar-refractivity contribution in [3.63, 3.8) is 0 Å². The van der Waals surface area contributed by atoms with Crippen LogP contribution in [0.3, 0.4) is 0 Å². The second kappa shape index (κ2) is 7.01. The summed E-state index contributed by atoms with van der Waals surface area (Å²) in [5.41, 5.74) is 1.23. The van der Waals surface area contributed by atoms with Crippen molar-refractivity contribution in [1.29, 1.82) is 0 Å². The SMILES string of the molecule is O=C(O)[C@@H]1CN(C(=O)Cc2ccc(F)c(F)c2)C[C@@H]1c1ccccc1. The molecule has 1 N–H and O–H groups in total. The predicted octanol–water partition coefficient (Wildman–Crippen LogP) is 2.83. The van der Waals surface area contributed by atoms with Crippen LogP contribution in [0.5, 0.6) is 0 Å². The maximum atomic E-state index is 13.3. The number of hydrogen-bond acceptors (Lipinski definition) is 2. The van der Waals surface area contributed by atoms with E-state index in [-0.39, 0.29) is 24.8 Å². The molecule has 25 heavy (non-hydrogen) atoms. The first kappa shape index (κ1) is 17.1. The standard InChI is InChI=1S/C19H17F2NO3/c20-16-7-6-12(8-17(16)21)9-18(23)22-10-14(15(11-22)19(24)25)13-4-2-1-3-5-13/h1-8,14-15H,9-11H2,(H,24,25)/t14-,15-/m1/s1. The van der Waals surface area contributed by atoms with Crippen molar-refractivity contribution in [3.05, 3.63) is 71.3 Å². The summed E-state index contributed by atoms with van der Waals surface area (Å²) in [6.07, 6.45) is -0.0922. The molecule has 0 aliphatic carbocycles. The van der Waals surface area contributed by atoms with Crippen molar-refractivity contribution < 1.29 is 23.5 Å². The lowest BCUT2D eigenvalue weighted by Crippen LogP contribution is -2.31. The van der Waals surface area contributed by atoms with Gasteiger partial charge in [0.05, 0.1) is 12.3 Å². The topological polar surface area (TPSA) is 57.6 Å². The van der Waals surface area contributed by atoms with Crippen LogP contribution < -0.4 is 0 Å². The van der Waals surface area contributed by atoms with E-state index in [0.29, 0.717) is 12.1 Å². The van der Waals surface area contributed by atoms with Gasteiger partial charge in [-0.25, -0.2) is 8.78 Å². The molecule has 3 rings (SSSR count). The third-order valence-electron chi connectivity index (χ3n) is 4.56. The van der Waals surface area contributed by atoms with Gasteiger partial charge in [0.25, 0.3) is 0 Å². The molecular formula is C19H17F2NO3. The number of carboxylic acid groups (broad SMARTS) is 1. The Morgan fingerprint density at radius 2 is 1.76 bits per heavy atom. The number of benzene rings is 2. The second-order valence-electron chi connectivity index (χ2n) is 6.19. The molecule has 1 aliphatic rings. The molecule has 1 saturated heterocycles. The van der Waals surface area contributed by atoms with Gasteiger partial charge in [0.15, 0.2) is 11.6 Å². The lowest BCUT2D eigenvalue weighted by Gasteiger charge is -2.16. The van der Waals surface area contributed by atoms with Gasteiger partial charge in [0.2, 0.25) is 5.91 Å². The Bertz CT molecular complexity index is 795. The first-order valence-corrected chi connectivity index (χ1v) is 7.95. The molecule has 1 aliphatic heterocycles. The summed E-state index contributed by atoms with van der Waals surface area (Å²) in [7, 11) is 0. The maximum absolute atomic E-state index is 13.3. The highest BCUT2D eigenvalue weighted by Gasteiger charge is 2.40. The van der Waals surface area contributed by atoms with Crippen molar-refractivity contribution in [3.8, 4) is 0 Å². The largest absolute Gasteiger partial charge is 0.481 e. The summed E-state index contributed by atoms with van der Waals surface area (Å²) < 4.78 is 26.3. The normalized spacial score (nSPS) is 19.8. The number of halogens is 2. The quantitative estimate of drug-likeness (QED) is 0.927. The number of nitrogens with zero attached hydrogens (tertiary/aromatic N) is 1. The molecule has 0 spiro atoms. The Balaban J connectivity index is 1.75. The number of hydrogen-bond donors (Lipinski definition) is 1. The van der Waals surface area contributed by atoms with Crippen molar-refractivity contribution in [2.45, 2.75) is 12.3 Å². The Hall–Kier alpha value is -2.76. The van der Waals surface area contributed by atoms with E-state index < -0.39 is 23.5 Å². The summed E-state index contributed by atoms with van der Waals surface area (Å²) in [5.74, 6) is -4.18. The van der Waals surface area contributed by atoms with Gasteiger partial charge in [0.1, 0.15) is 0 Å². The molecule has 1 amide bonds. The van der Waals surface area contributed by atoms with Crippen LogP contribution in [0.15, 0.2) is 48.5 Å². The van der Waals surface area contributed by atoms with Crippen LogP contribution >= 0.6 is 0 Å². The zero-order chi connectivity index (χ0) is 18.0. The molecule has 1 heterocycles. The average Bonchev–Trinajstić information content (AvgIpc) is 3.05. The van der Waals surface area contributed by atoms with Crippen molar-refractivity contribution in [1.82, 2.24) is 4.90 Å². The van der Waals surface area contributed by atoms with E-state index in [0.717, 1.165) is 17.7 Å². The molecule has 2 aromatic carbocycles. The Labute approximate surface area is 143 Å². The van der Waals surface area contributed by atoms with E-state index in [1.165, 1.54) is 11.0 Å². The molecule has 0 aromatic heterocycles. The molecule has 0 radical (unpaired) electrons. The van der Waals surface area contributed by atoms with Gasteiger partial charge in [-0.2, -0.15) is 0 Å².